The molecule has 1 N–H and O–H groups in total. The maximum atomic E-state index is 10.8. The summed E-state index contributed by atoms with van der Waals surface area (Å²) in [5.74, 6) is 0. The van der Waals surface area contributed by atoms with Gasteiger partial charge in [0.1, 0.15) is 6.10 Å². The van der Waals surface area contributed by atoms with E-state index < -0.39 is 6.10 Å². The first kappa shape index (κ1) is 13.6. The number of aliphatic hydroxyl groups is 1. The summed E-state index contributed by atoms with van der Waals surface area (Å²) in [6.45, 7) is 4.05. The molecule has 0 amide bonds. The van der Waals surface area contributed by atoms with Gasteiger partial charge in [-0.15, -0.1) is 0 Å². The van der Waals surface area contributed by atoms with Gasteiger partial charge in [-0.25, -0.2) is 4.68 Å². The van der Waals surface area contributed by atoms with Crippen molar-refractivity contribution < 1.29 is 5.11 Å². The van der Waals surface area contributed by atoms with Gasteiger partial charge in [0.25, 0.3) is 0 Å². The molecule has 1 atom stereocenters. The molecule has 0 aliphatic carbocycles. The Kier molecular flexibility index (Phi) is 3.59. The van der Waals surface area contributed by atoms with Crippen LogP contribution < -0.4 is 0 Å². The summed E-state index contributed by atoms with van der Waals surface area (Å²) < 4.78 is 1.79. The number of aromatic nitrogens is 2. The van der Waals surface area contributed by atoms with Gasteiger partial charge >= 0.3 is 0 Å². The Hall–Kier alpha value is -2.39. The van der Waals surface area contributed by atoms with Crippen LogP contribution in [0.5, 0.6) is 0 Å². The van der Waals surface area contributed by atoms with Gasteiger partial charge < -0.3 is 5.11 Å². The second kappa shape index (κ2) is 5.54. The minimum absolute atomic E-state index is 0.686. The van der Waals surface area contributed by atoms with Gasteiger partial charge in [-0.3, -0.25) is 0 Å². The monoisotopic (exact) mass is 278 g/mol. The molecule has 1 heterocycles. The molecule has 2 aromatic carbocycles. The average Bonchev–Trinajstić information content (AvgIpc) is 2.97. The highest BCUT2D eigenvalue weighted by atomic mass is 16.3. The molecule has 1 aromatic heterocycles. The first-order valence-corrected chi connectivity index (χ1v) is 7.02. The largest absolute Gasteiger partial charge is 0.382 e. The summed E-state index contributed by atoms with van der Waals surface area (Å²) in [5, 5.41) is 15.2. The molecule has 0 fully saturated rings. The SMILES string of the molecule is Cc1cccc(C)c1C(O)c1ccnn1-c1ccccc1. The van der Waals surface area contributed by atoms with Crippen molar-refractivity contribution in [3.05, 3.63) is 83.2 Å². The molecule has 3 rings (SSSR count). The van der Waals surface area contributed by atoms with Gasteiger partial charge in [-0.1, -0.05) is 36.4 Å². The van der Waals surface area contributed by atoms with E-state index in [9.17, 15) is 5.11 Å². The Bertz CT molecular complexity index is 727. The summed E-state index contributed by atoms with van der Waals surface area (Å²) in [4.78, 5) is 0. The maximum Gasteiger partial charge on any atom is 0.122 e. The fourth-order valence-electron chi connectivity index (χ4n) is 2.71. The minimum atomic E-state index is -0.686. The van der Waals surface area contributed by atoms with Gasteiger partial charge in [0.2, 0.25) is 0 Å². The molecule has 0 saturated carbocycles. The molecule has 0 aliphatic rings. The zero-order valence-corrected chi connectivity index (χ0v) is 12.2. The smallest absolute Gasteiger partial charge is 0.122 e. The van der Waals surface area contributed by atoms with Crippen LogP contribution >= 0.6 is 0 Å². The van der Waals surface area contributed by atoms with Crippen molar-refractivity contribution >= 4 is 0 Å². The van der Waals surface area contributed by atoms with Gasteiger partial charge in [0.15, 0.2) is 0 Å². The van der Waals surface area contributed by atoms with Crippen LogP contribution in [-0.4, -0.2) is 14.9 Å². The molecular formula is C18H18N2O. The van der Waals surface area contributed by atoms with Crippen LogP contribution in [-0.2, 0) is 0 Å². The average molecular weight is 278 g/mol. The van der Waals surface area contributed by atoms with Crippen molar-refractivity contribution in [2.75, 3.05) is 0 Å². The predicted octanol–water partition coefficient (Wildman–Crippen LogP) is 3.57. The van der Waals surface area contributed by atoms with Crippen LogP contribution in [0.3, 0.4) is 0 Å². The molecule has 3 aromatic rings. The van der Waals surface area contributed by atoms with E-state index in [0.717, 1.165) is 28.1 Å². The van der Waals surface area contributed by atoms with Crippen molar-refractivity contribution in [1.29, 1.82) is 0 Å². The number of para-hydroxylation sites is 1. The zero-order chi connectivity index (χ0) is 14.8. The lowest BCUT2D eigenvalue weighted by molar-refractivity contribution is 0.210. The number of aryl methyl sites for hydroxylation is 2. The molecule has 0 saturated heterocycles. The molecule has 0 spiro atoms. The molecule has 0 radical (unpaired) electrons. The number of rotatable bonds is 3. The molecule has 0 bridgehead atoms. The lowest BCUT2D eigenvalue weighted by atomic mass is 9.96. The third-order valence-corrected chi connectivity index (χ3v) is 3.77. The number of aliphatic hydroxyl groups excluding tert-OH is 1. The number of nitrogens with zero attached hydrogens (tertiary/aromatic N) is 2. The quantitative estimate of drug-likeness (QED) is 0.795. The number of benzene rings is 2. The van der Waals surface area contributed by atoms with Crippen LogP contribution in [0.2, 0.25) is 0 Å². The molecule has 3 heteroatoms. The number of hydrogen-bond donors (Lipinski definition) is 1. The molecule has 1 unspecified atom stereocenters. The van der Waals surface area contributed by atoms with E-state index in [4.69, 9.17) is 0 Å². The Morgan fingerprint density at radius 2 is 1.57 bits per heavy atom. The van der Waals surface area contributed by atoms with E-state index in [1.807, 2.05) is 68.4 Å². The van der Waals surface area contributed by atoms with Crippen molar-refractivity contribution in [2.45, 2.75) is 20.0 Å². The topological polar surface area (TPSA) is 38.1 Å². The summed E-state index contributed by atoms with van der Waals surface area (Å²) in [7, 11) is 0. The van der Waals surface area contributed by atoms with Gasteiger partial charge in [-0.2, -0.15) is 5.10 Å². The standard InChI is InChI=1S/C18H18N2O/c1-13-7-6-8-14(2)17(13)18(21)16-11-12-19-20(16)15-9-4-3-5-10-15/h3-12,18,21H,1-2H3. The Morgan fingerprint density at radius 3 is 2.24 bits per heavy atom. The fourth-order valence-corrected chi connectivity index (χ4v) is 2.71. The second-order valence-electron chi connectivity index (χ2n) is 5.21. The minimum Gasteiger partial charge on any atom is -0.382 e. The second-order valence-corrected chi connectivity index (χ2v) is 5.21. The third kappa shape index (κ3) is 2.48. The predicted molar refractivity (Wildman–Crippen MR) is 83.5 cm³/mol. The highest BCUT2D eigenvalue weighted by molar-refractivity contribution is 5.41. The normalized spacial score (nSPS) is 12.3. The first-order chi connectivity index (χ1) is 10.2. The maximum absolute atomic E-state index is 10.8. The van der Waals surface area contributed by atoms with E-state index >= 15 is 0 Å². The highest BCUT2D eigenvalue weighted by Crippen LogP contribution is 2.28. The van der Waals surface area contributed by atoms with Gasteiger partial charge in [-0.05, 0) is 48.7 Å². The van der Waals surface area contributed by atoms with Gasteiger partial charge in [0, 0.05) is 6.20 Å². The van der Waals surface area contributed by atoms with Crippen LogP contribution in [0.4, 0.5) is 0 Å². The van der Waals surface area contributed by atoms with Crippen molar-refractivity contribution in [3.8, 4) is 5.69 Å². The van der Waals surface area contributed by atoms with Crippen molar-refractivity contribution in [2.24, 2.45) is 0 Å². The van der Waals surface area contributed by atoms with Crippen LogP contribution in [0, 0.1) is 13.8 Å². The van der Waals surface area contributed by atoms with Crippen molar-refractivity contribution in [3.63, 3.8) is 0 Å². The number of hydrogen-bond acceptors (Lipinski definition) is 2. The van der Waals surface area contributed by atoms with Crippen LogP contribution in [0.1, 0.15) is 28.5 Å². The van der Waals surface area contributed by atoms with Crippen molar-refractivity contribution in [1.82, 2.24) is 9.78 Å². The Labute approximate surface area is 124 Å². The van der Waals surface area contributed by atoms with E-state index in [1.54, 1.807) is 10.9 Å². The van der Waals surface area contributed by atoms with E-state index in [1.165, 1.54) is 0 Å². The molecular weight excluding hydrogens is 260 g/mol. The Balaban J connectivity index is 2.08. The summed E-state index contributed by atoms with van der Waals surface area (Å²) >= 11 is 0. The highest BCUT2D eigenvalue weighted by Gasteiger charge is 2.19. The lowest BCUT2D eigenvalue weighted by Gasteiger charge is -2.18. The van der Waals surface area contributed by atoms with Gasteiger partial charge in [0.05, 0.1) is 11.4 Å². The lowest BCUT2D eigenvalue weighted by Crippen LogP contribution is -2.10. The molecule has 106 valence electrons. The molecule has 21 heavy (non-hydrogen) atoms. The Morgan fingerprint density at radius 1 is 0.905 bits per heavy atom. The summed E-state index contributed by atoms with van der Waals surface area (Å²) in [6, 6.07) is 17.8. The zero-order valence-electron chi connectivity index (χ0n) is 12.2. The van der Waals surface area contributed by atoms with E-state index in [0.29, 0.717) is 0 Å². The molecule has 3 nitrogen and oxygen atoms in total. The van der Waals surface area contributed by atoms with Crippen LogP contribution in [0.25, 0.3) is 5.69 Å². The summed E-state index contributed by atoms with van der Waals surface area (Å²) in [6.07, 6.45) is 1.04. The first-order valence-electron chi connectivity index (χ1n) is 7.02. The van der Waals surface area contributed by atoms with Crippen LogP contribution in [0.15, 0.2) is 60.8 Å². The molecule has 0 aliphatic heterocycles. The summed E-state index contributed by atoms with van der Waals surface area (Å²) in [5.41, 5.74) is 4.85. The fraction of sp³-hybridized carbons (Fsp3) is 0.167. The van der Waals surface area contributed by atoms with E-state index in [-0.39, 0.29) is 0 Å². The van der Waals surface area contributed by atoms with E-state index in [2.05, 4.69) is 5.10 Å². The third-order valence-electron chi connectivity index (χ3n) is 3.77.